The summed E-state index contributed by atoms with van der Waals surface area (Å²) in [4.78, 5) is 4.41. The first-order valence-electron chi connectivity index (χ1n) is 6.87. The van der Waals surface area contributed by atoms with E-state index < -0.39 is 5.60 Å². The third-order valence-corrected chi connectivity index (χ3v) is 3.79. The molecule has 2 rings (SSSR count). The molecule has 1 aromatic carbocycles. The Labute approximate surface area is 123 Å². The number of rotatable bonds is 6. The van der Waals surface area contributed by atoms with Crippen molar-refractivity contribution in [2.75, 3.05) is 14.2 Å². The fourth-order valence-corrected chi connectivity index (χ4v) is 2.30. The molecule has 0 atom stereocenters. The quantitative estimate of drug-likeness (QED) is 0.881. The maximum Gasteiger partial charge on any atom is 0.258 e. The molecule has 114 valence electrons. The maximum atomic E-state index is 9.82. The molecule has 0 amide bonds. The third-order valence-electron chi connectivity index (χ3n) is 3.79. The van der Waals surface area contributed by atoms with E-state index in [0.29, 0.717) is 23.0 Å². The Hall–Kier alpha value is -2.08. The monoisotopic (exact) mass is 292 g/mol. The van der Waals surface area contributed by atoms with Gasteiger partial charge in [-0.15, -0.1) is 0 Å². The van der Waals surface area contributed by atoms with Crippen LogP contribution in [0.15, 0.2) is 22.7 Å². The van der Waals surface area contributed by atoms with Crippen LogP contribution in [0.3, 0.4) is 0 Å². The fourth-order valence-electron chi connectivity index (χ4n) is 2.30. The van der Waals surface area contributed by atoms with Crippen LogP contribution >= 0.6 is 0 Å². The number of ether oxygens (including phenoxy) is 2. The molecule has 1 N–H and O–H groups in total. The first kappa shape index (κ1) is 15.3. The van der Waals surface area contributed by atoms with E-state index in [-0.39, 0.29) is 5.75 Å². The SMILES string of the molecule is CCC(CC)(OC)c1noc(-c2ccc(OC)c(O)c2)n1. The van der Waals surface area contributed by atoms with Crippen molar-refractivity contribution in [3.8, 4) is 23.0 Å². The van der Waals surface area contributed by atoms with Gasteiger partial charge in [-0.05, 0) is 31.0 Å². The Kier molecular flexibility index (Phi) is 4.47. The van der Waals surface area contributed by atoms with Crippen LogP contribution in [0.1, 0.15) is 32.5 Å². The fraction of sp³-hybridized carbons (Fsp3) is 0.467. The number of aromatic nitrogens is 2. The molecule has 0 aliphatic carbocycles. The molecule has 0 saturated carbocycles. The normalized spacial score (nSPS) is 11.6. The molecule has 0 unspecified atom stereocenters. The topological polar surface area (TPSA) is 77.6 Å². The summed E-state index contributed by atoms with van der Waals surface area (Å²) in [5.41, 5.74) is 0.0836. The highest BCUT2D eigenvalue weighted by Gasteiger charge is 2.33. The number of hydrogen-bond donors (Lipinski definition) is 1. The van der Waals surface area contributed by atoms with Crippen molar-refractivity contribution in [3.63, 3.8) is 0 Å². The zero-order valence-corrected chi connectivity index (χ0v) is 12.7. The highest BCUT2D eigenvalue weighted by atomic mass is 16.5. The van der Waals surface area contributed by atoms with Gasteiger partial charge < -0.3 is 19.1 Å². The van der Waals surface area contributed by atoms with Crippen molar-refractivity contribution in [3.05, 3.63) is 24.0 Å². The minimum absolute atomic E-state index is 0.0266. The molecule has 0 fully saturated rings. The van der Waals surface area contributed by atoms with Gasteiger partial charge in [0.25, 0.3) is 5.89 Å². The number of benzene rings is 1. The number of methoxy groups -OCH3 is 2. The van der Waals surface area contributed by atoms with Crippen LogP contribution in [0.4, 0.5) is 0 Å². The number of hydrogen-bond acceptors (Lipinski definition) is 6. The van der Waals surface area contributed by atoms with Crippen LogP contribution in [0, 0.1) is 0 Å². The Morgan fingerprint density at radius 3 is 2.48 bits per heavy atom. The molecule has 2 aromatic rings. The lowest BCUT2D eigenvalue weighted by molar-refractivity contribution is -0.0306. The zero-order chi connectivity index (χ0) is 15.5. The average Bonchev–Trinajstić information content (AvgIpc) is 3.00. The van der Waals surface area contributed by atoms with Gasteiger partial charge >= 0.3 is 0 Å². The molecule has 0 saturated heterocycles. The molecule has 6 heteroatoms. The van der Waals surface area contributed by atoms with Gasteiger partial charge in [0.15, 0.2) is 11.5 Å². The van der Waals surface area contributed by atoms with Crippen molar-refractivity contribution in [2.24, 2.45) is 0 Å². The zero-order valence-electron chi connectivity index (χ0n) is 12.7. The lowest BCUT2D eigenvalue weighted by atomic mass is 9.96. The Morgan fingerprint density at radius 1 is 1.24 bits per heavy atom. The Morgan fingerprint density at radius 2 is 1.95 bits per heavy atom. The lowest BCUT2D eigenvalue weighted by Gasteiger charge is -2.25. The van der Waals surface area contributed by atoms with E-state index in [1.807, 2.05) is 13.8 Å². The second-order valence-corrected chi connectivity index (χ2v) is 4.72. The summed E-state index contributed by atoms with van der Waals surface area (Å²) >= 11 is 0. The summed E-state index contributed by atoms with van der Waals surface area (Å²) in [6.07, 6.45) is 1.49. The van der Waals surface area contributed by atoms with Gasteiger partial charge in [-0.3, -0.25) is 0 Å². The maximum absolute atomic E-state index is 9.82. The molecular weight excluding hydrogens is 272 g/mol. The first-order valence-corrected chi connectivity index (χ1v) is 6.87. The van der Waals surface area contributed by atoms with Gasteiger partial charge in [-0.1, -0.05) is 19.0 Å². The van der Waals surface area contributed by atoms with E-state index in [9.17, 15) is 5.11 Å². The summed E-state index contributed by atoms with van der Waals surface area (Å²) in [5.74, 6) is 1.28. The minimum atomic E-state index is -0.545. The third kappa shape index (κ3) is 2.71. The number of phenols is 1. The summed E-state index contributed by atoms with van der Waals surface area (Å²) in [6.45, 7) is 4.03. The molecule has 1 heterocycles. The van der Waals surface area contributed by atoms with Gasteiger partial charge in [0, 0.05) is 12.7 Å². The van der Waals surface area contributed by atoms with Gasteiger partial charge in [0.1, 0.15) is 5.60 Å². The van der Waals surface area contributed by atoms with E-state index >= 15 is 0 Å². The molecular formula is C15H20N2O4. The highest BCUT2D eigenvalue weighted by Crippen LogP contribution is 2.34. The van der Waals surface area contributed by atoms with Crippen molar-refractivity contribution in [2.45, 2.75) is 32.3 Å². The van der Waals surface area contributed by atoms with E-state index in [1.54, 1.807) is 19.2 Å². The minimum Gasteiger partial charge on any atom is -0.504 e. The van der Waals surface area contributed by atoms with Crippen LogP contribution in [-0.2, 0) is 10.3 Å². The molecule has 0 aliphatic heterocycles. The molecule has 0 radical (unpaired) electrons. The van der Waals surface area contributed by atoms with E-state index in [1.165, 1.54) is 13.2 Å². The highest BCUT2D eigenvalue weighted by molar-refractivity contribution is 5.59. The van der Waals surface area contributed by atoms with Gasteiger partial charge in [0.05, 0.1) is 7.11 Å². The van der Waals surface area contributed by atoms with Crippen LogP contribution in [-0.4, -0.2) is 29.5 Å². The Bertz CT molecular complexity index is 597. The van der Waals surface area contributed by atoms with E-state index in [2.05, 4.69) is 10.1 Å². The van der Waals surface area contributed by atoms with Gasteiger partial charge in [-0.25, -0.2) is 0 Å². The predicted octanol–water partition coefficient (Wildman–Crippen LogP) is 3.11. The first-order chi connectivity index (χ1) is 10.1. The second kappa shape index (κ2) is 6.13. The Balaban J connectivity index is 2.38. The van der Waals surface area contributed by atoms with Crippen molar-refractivity contribution in [1.29, 1.82) is 0 Å². The predicted molar refractivity (Wildman–Crippen MR) is 77.2 cm³/mol. The molecule has 21 heavy (non-hydrogen) atoms. The van der Waals surface area contributed by atoms with E-state index in [4.69, 9.17) is 14.0 Å². The summed E-state index contributed by atoms with van der Waals surface area (Å²) in [7, 11) is 3.14. The second-order valence-electron chi connectivity index (χ2n) is 4.72. The lowest BCUT2D eigenvalue weighted by Crippen LogP contribution is -2.28. The molecule has 1 aromatic heterocycles. The smallest absolute Gasteiger partial charge is 0.258 e. The number of phenolic OH excluding ortho intramolecular Hbond substituents is 1. The molecule has 0 spiro atoms. The van der Waals surface area contributed by atoms with Crippen LogP contribution < -0.4 is 4.74 Å². The molecule has 0 bridgehead atoms. The van der Waals surface area contributed by atoms with E-state index in [0.717, 1.165) is 12.8 Å². The number of aromatic hydroxyl groups is 1. The van der Waals surface area contributed by atoms with Crippen molar-refractivity contribution >= 4 is 0 Å². The molecule has 6 nitrogen and oxygen atoms in total. The summed E-state index contributed by atoms with van der Waals surface area (Å²) in [5, 5.41) is 13.8. The van der Waals surface area contributed by atoms with Crippen LogP contribution in [0.5, 0.6) is 11.5 Å². The largest absolute Gasteiger partial charge is 0.504 e. The van der Waals surface area contributed by atoms with Crippen molar-refractivity contribution < 1.29 is 19.1 Å². The summed E-state index contributed by atoms with van der Waals surface area (Å²) < 4.78 is 15.9. The van der Waals surface area contributed by atoms with Crippen molar-refractivity contribution in [1.82, 2.24) is 10.1 Å². The van der Waals surface area contributed by atoms with Crippen LogP contribution in [0.2, 0.25) is 0 Å². The molecule has 0 aliphatic rings. The van der Waals surface area contributed by atoms with Gasteiger partial charge in [0.2, 0.25) is 5.82 Å². The number of nitrogens with zero attached hydrogens (tertiary/aromatic N) is 2. The van der Waals surface area contributed by atoms with Crippen LogP contribution in [0.25, 0.3) is 11.5 Å². The average molecular weight is 292 g/mol. The standard InChI is InChI=1S/C15H20N2O4/c1-5-15(6-2,20-4)14-16-13(21-17-14)10-7-8-12(19-3)11(18)9-10/h7-9,18H,5-6H2,1-4H3. The van der Waals surface area contributed by atoms with Gasteiger partial charge in [-0.2, -0.15) is 4.98 Å². The summed E-state index contributed by atoms with van der Waals surface area (Å²) in [6, 6.07) is 4.93.